The minimum absolute atomic E-state index is 0.0575. The second kappa shape index (κ2) is 6.68. The van der Waals surface area contributed by atoms with Gasteiger partial charge in [0.25, 0.3) is 0 Å². The second-order valence-electron chi connectivity index (χ2n) is 5.04. The van der Waals surface area contributed by atoms with Crippen molar-refractivity contribution < 1.29 is 8.81 Å². The van der Waals surface area contributed by atoms with Gasteiger partial charge in [-0.3, -0.25) is 4.90 Å². The van der Waals surface area contributed by atoms with Crippen LogP contribution >= 0.6 is 0 Å². The van der Waals surface area contributed by atoms with Crippen LogP contribution in [0, 0.1) is 5.82 Å². The fourth-order valence-corrected chi connectivity index (χ4v) is 2.43. The zero-order chi connectivity index (χ0) is 14.5. The summed E-state index contributed by atoms with van der Waals surface area (Å²) >= 11 is 0. The number of hydrogen-bond acceptors (Lipinski definition) is 3. The summed E-state index contributed by atoms with van der Waals surface area (Å²) in [6.45, 7) is 2.53. The van der Waals surface area contributed by atoms with Gasteiger partial charge in [-0.2, -0.15) is 0 Å². The first-order valence-electron chi connectivity index (χ1n) is 6.86. The summed E-state index contributed by atoms with van der Waals surface area (Å²) in [6, 6.07) is 10.5. The Labute approximate surface area is 119 Å². The summed E-state index contributed by atoms with van der Waals surface area (Å²) in [4.78, 5) is 2.03. The molecule has 0 bridgehead atoms. The Hall–Kier alpha value is -1.65. The summed E-state index contributed by atoms with van der Waals surface area (Å²) in [5.74, 6) is 0.626. The molecule has 4 heteroatoms. The zero-order valence-corrected chi connectivity index (χ0v) is 11.9. The third-order valence-electron chi connectivity index (χ3n) is 3.56. The molecule has 0 aliphatic heterocycles. The van der Waals surface area contributed by atoms with E-state index in [0.29, 0.717) is 12.1 Å². The zero-order valence-electron chi connectivity index (χ0n) is 11.9. The maximum absolute atomic E-state index is 13.8. The van der Waals surface area contributed by atoms with Gasteiger partial charge in [0.15, 0.2) is 0 Å². The van der Waals surface area contributed by atoms with Crippen molar-refractivity contribution in [2.24, 2.45) is 5.73 Å². The molecule has 0 aliphatic carbocycles. The lowest BCUT2D eigenvalue weighted by molar-refractivity contribution is 0.174. The smallest absolute Gasteiger partial charge is 0.127 e. The average molecular weight is 276 g/mol. The Bertz CT molecular complexity index is 527. The lowest BCUT2D eigenvalue weighted by Gasteiger charge is -2.30. The van der Waals surface area contributed by atoms with Gasteiger partial charge in [0.05, 0.1) is 12.3 Å². The van der Waals surface area contributed by atoms with Gasteiger partial charge in [0.1, 0.15) is 11.6 Å². The highest BCUT2D eigenvalue weighted by atomic mass is 19.1. The van der Waals surface area contributed by atoms with Crippen molar-refractivity contribution in [1.82, 2.24) is 4.90 Å². The van der Waals surface area contributed by atoms with Crippen LogP contribution < -0.4 is 5.73 Å². The lowest BCUT2D eigenvalue weighted by Crippen LogP contribution is -2.38. The monoisotopic (exact) mass is 276 g/mol. The standard InChI is InChI=1S/C16H21FN2O/c1-3-14(18)16(15-9-6-10-20-15)19(2)11-12-7-4-5-8-13(12)17/h4-10,14,16H,3,11,18H2,1-2H3. The van der Waals surface area contributed by atoms with E-state index in [-0.39, 0.29) is 17.9 Å². The van der Waals surface area contributed by atoms with E-state index in [1.165, 1.54) is 6.07 Å². The molecule has 0 radical (unpaired) electrons. The summed E-state index contributed by atoms with van der Waals surface area (Å²) in [5, 5.41) is 0. The predicted octanol–water partition coefficient (Wildman–Crippen LogP) is 3.33. The van der Waals surface area contributed by atoms with Crippen molar-refractivity contribution in [3.05, 3.63) is 59.8 Å². The normalized spacial score (nSPS) is 14.4. The third-order valence-corrected chi connectivity index (χ3v) is 3.56. The minimum Gasteiger partial charge on any atom is -0.468 e. The van der Waals surface area contributed by atoms with Crippen LogP contribution in [0.25, 0.3) is 0 Å². The number of furan rings is 1. The van der Waals surface area contributed by atoms with Gasteiger partial charge in [-0.25, -0.2) is 4.39 Å². The largest absolute Gasteiger partial charge is 0.468 e. The minimum atomic E-state index is -0.192. The molecular weight excluding hydrogens is 255 g/mol. The molecule has 2 unspecified atom stereocenters. The van der Waals surface area contributed by atoms with Crippen LogP contribution in [0.3, 0.4) is 0 Å². The number of benzene rings is 1. The summed E-state index contributed by atoms with van der Waals surface area (Å²) in [6.07, 6.45) is 2.47. The van der Waals surface area contributed by atoms with E-state index in [2.05, 4.69) is 0 Å². The first-order valence-corrected chi connectivity index (χ1v) is 6.86. The molecule has 2 aromatic rings. The van der Waals surface area contributed by atoms with E-state index >= 15 is 0 Å². The van der Waals surface area contributed by atoms with Gasteiger partial charge < -0.3 is 10.2 Å². The van der Waals surface area contributed by atoms with E-state index in [9.17, 15) is 4.39 Å². The Morgan fingerprint density at radius 2 is 2.00 bits per heavy atom. The highest BCUT2D eigenvalue weighted by Crippen LogP contribution is 2.26. The SMILES string of the molecule is CCC(N)C(c1ccco1)N(C)Cc1ccccc1F. The van der Waals surface area contributed by atoms with Crippen molar-refractivity contribution >= 4 is 0 Å². The van der Waals surface area contributed by atoms with Crippen molar-refractivity contribution in [2.45, 2.75) is 32.0 Å². The van der Waals surface area contributed by atoms with E-state index in [1.54, 1.807) is 18.4 Å². The quantitative estimate of drug-likeness (QED) is 0.880. The molecule has 2 atom stereocenters. The number of likely N-dealkylation sites (N-methyl/N-ethyl adjacent to an activating group) is 1. The molecule has 1 heterocycles. The first-order chi connectivity index (χ1) is 9.63. The predicted molar refractivity (Wildman–Crippen MR) is 77.6 cm³/mol. The maximum atomic E-state index is 13.8. The fraction of sp³-hybridized carbons (Fsp3) is 0.375. The molecule has 0 saturated carbocycles. The van der Waals surface area contributed by atoms with Crippen LogP contribution in [-0.2, 0) is 6.54 Å². The molecule has 0 spiro atoms. The highest BCUT2D eigenvalue weighted by Gasteiger charge is 2.26. The maximum Gasteiger partial charge on any atom is 0.127 e. The molecule has 2 N–H and O–H groups in total. The van der Waals surface area contributed by atoms with Crippen molar-refractivity contribution in [3.8, 4) is 0 Å². The van der Waals surface area contributed by atoms with Crippen LogP contribution in [0.2, 0.25) is 0 Å². The third kappa shape index (κ3) is 3.26. The van der Waals surface area contributed by atoms with Gasteiger partial charge in [0, 0.05) is 18.2 Å². The van der Waals surface area contributed by atoms with E-state index < -0.39 is 0 Å². The molecule has 3 nitrogen and oxygen atoms in total. The van der Waals surface area contributed by atoms with Crippen LogP contribution in [0.1, 0.15) is 30.7 Å². The summed E-state index contributed by atoms with van der Waals surface area (Å²) < 4.78 is 19.2. The molecule has 0 saturated heterocycles. The van der Waals surface area contributed by atoms with Gasteiger partial charge in [-0.05, 0) is 31.7 Å². The highest BCUT2D eigenvalue weighted by molar-refractivity contribution is 5.18. The lowest BCUT2D eigenvalue weighted by atomic mass is 10.0. The van der Waals surface area contributed by atoms with Gasteiger partial charge in [0.2, 0.25) is 0 Å². The molecule has 2 rings (SSSR count). The molecule has 1 aromatic heterocycles. The summed E-state index contributed by atoms with van der Waals surface area (Å²) in [7, 11) is 1.94. The second-order valence-corrected chi connectivity index (χ2v) is 5.04. The summed E-state index contributed by atoms with van der Waals surface area (Å²) in [5.41, 5.74) is 6.87. The molecular formula is C16H21FN2O. The van der Waals surface area contributed by atoms with Crippen molar-refractivity contribution in [3.63, 3.8) is 0 Å². The molecule has 1 aromatic carbocycles. The van der Waals surface area contributed by atoms with Gasteiger partial charge in [-0.1, -0.05) is 25.1 Å². The Kier molecular flexibility index (Phi) is 4.93. The van der Waals surface area contributed by atoms with Crippen LogP contribution in [0.15, 0.2) is 47.1 Å². The van der Waals surface area contributed by atoms with Crippen molar-refractivity contribution in [2.75, 3.05) is 7.05 Å². The number of halogens is 1. The van der Waals surface area contributed by atoms with E-state index in [0.717, 1.165) is 12.2 Å². The Morgan fingerprint density at radius 1 is 1.25 bits per heavy atom. The number of nitrogens with two attached hydrogens (primary N) is 1. The van der Waals surface area contributed by atoms with E-state index in [4.69, 9.17) is 10.2 Å². The number of rotatable bonds is 6. The Balaban J connectivity index is 2.19. The molecule has 20 heavy (non-hydrogen) atoms. The molecule has 0 amide bonds. The number of hydrogen-bond donors (Lipinski definition) is 1. The Morgan fingerprint density at radius 3 is 2.60 bits per heavy atom. The van der Waals surface area contributed by atoms with Gasteiger partial charge in [-0.15, -0.1) is 0 Å². The average Bonchev–Trinajstić information content (AvgIpc) is 2.95. The molecule has 0 fully saturated rings. The van der Waals surface area contributed by atoms with Crippen LogP contribution in [0.5, 0.6) is 0 Å². The van der Waals surface area contributed by atoms with Gasteiger partial charge >= 0.3 is 0 Å². The fourth-order valence-electron chi connectivity index (χ4n) is 2.43. The van der Waals surface area contributed by atoms with E-state index in [1.807, 2.05) is 37.1 Å². The molecule has 108 valence electrons. The van der Waals surface area contributed by atoms with Crippen LogP contribution in [0.4, 0.5) is 4.39 Å². The molecule has 0 aliphatic rings. The van der Waals surface area contributed by atoms with Crippen molar-refractivity contribution in [1.29, 1.82) is 0 Å². The van der Waals surface area contributed by atoms with Crippen LogP contribution in [-0.4, -0.2) is 18.0 Å². The topological polar surface area (TPSA) is 42.4 Å². The first kappa shape index (κ1) is 14.8. The number of nitrogens with zero attached hydrogens (tertiary/aromatic N) is 1.